The van der Waals surface area contributed by atoms with Gasteiger partial charge in [-0.05, 0) is 26.0 Å². The summed E-state index contributed by atoms with van der Waals surface area (Å²) in [4.78, 5) is 3.95. The van der Waals surface area contributed by atoms with Crippen LogP contribution in [0.1, 0.15) is 11.3 Å². The SMILES string of the molecule is Cc1nn(-c2ccncc2)c(Cl)c1C. The van der Waals surface area contributed by atoms with E-state index in [0.29, 0.717) is 5.15 Å². The van der Waals surface area contributed by atoms with Gasteiger partial charge in [0.2, 0.25) is 0 Å². The predicted octanol–water partition coefficient (Wildman–Crippen LogP) is 2.54. The van der Waals surface area contributed by atoms with Gasteiger partial charge in [-0.2, -0.15) is 5.10 Å². The van der Waals surface area contributed by atoms with E-state index in [4.69, 9.17) is 11.6 Å². The molecule has 0 fully saturated rings. The second-order valence-electron chi connectivity index (χ2n) is 3.12. The van der Waals surface area contributed by atoms with Crippen LogP contribution in [-0.4, -0.2) is 14.8 Å². The van der Waals surface area contributed by atoms with Crippen LogP contribution < -0.4 is 0 Å². The number of aryl methyl sites for hydroxylation is 1. The summed E-state index contributed by atoms with van der Waals surface area (Å²) in [7, 11) is 0. The molecule has 0 spiro atoms. The highest BCUT2D eigenvalue weighted by molar-refractivity contribution is 6.30. The molecule has 14 heavy (non-hydrogen) atoms. The Hall–Kier alpha value is -1.35. The third-order valence-electron chi connectivity index (χ3n) is 2.20. The van der Waals surface area contributed by atoms with Crippen LogP contribution in [0.5, 0.6) is 0 Å². The fraction of sp³-hybridized carbons (Fsp3) is 0.200. The van der Waals surface area contributed by atoms with Crippen molar-refractivity contribution in [2.45, 2.75) is 13.8 Å². The summed E-state index contributed by atoms with van der Waals surface area (Å²) in [5.74, 6) is 0. The van der Waals surface area contributed by atoms with Gasteiger partial charge in [0.25, 0.3) is 0 Å². The fourth-order valence-electron chi connectivity index (χ4n) is 1.23. The monoisotopic (exact) mass is 207 g/mol. The molecule has 72 valence electrons. The van der Waals surface area contributed by atoms with Gasteiger partial charge in [-0.1, -0.05) is 11.6 Å². The number of hydrogen-bond donors (Lipinski definition) is 0. The minimum atomic E-state index is 0.661. The minimum Gasteiger partial charge on any atom is -0.265 e. The van der Waals surface area contributed by atoms with Gasteiger partial charge in [0.1, 0.15) is 5.15 Å². The molecule has 2 heterocycles. The molecular formula is C10H10ClN3. The number of pyridine rings is 1. The number of nitrogens with zero attached hydrogens (tertiary/aromatic N) is 3. The Morgan fingerprint density at radius 2 is 1.86 bits per heavy atom. The first-order valence-electron chi connectivity index (χ1n) is 4.32. The second-order valence-corrected chi connectivity index (χ2v) is 3.48. The zero-order valence-corrected chi connectivity index (χ0v) is 8.78. The molecule has 0 radical (unpaired) electrons. The molecule has 0 aliphatic heterocycles. The number of aromatic nitrogens is 3. The molecule has 3 nitrogen and oxygen atoms in total. The van der Waals surface area contributed by atoms with Gasteiger partial charge in [0.15, 0.2) is 0 Å². The van der Waals surface area contributed by atoms with E-state index < -0.39 is 0 Å². The van der Waals surface area contributed by atoms with Crippen molar-refractivity contribution in [2.24, 2.45) is 0 Å². The lowest BCUT2D eigenvalue weighted by Gasteiger charge is -2.01. The van der Waals surface area contributed by atoms with Crippen LogP contribution in [0.15, 0.2) is 24.5 Å². The maximum atomic E-state index is 6.13. The Kier molecular flexibility index (Phi) is 2.25. The van der Waals surface area contributed by atoms with Crippen LogP contribution in [0.4, 0.5) is 0 Å². The first kappa shape index (κ1) is 9.21. The standard InChI is InChI=1S/C10H10ClN3/c1-7-8(2)13-14(10(7)11)9-3-5-12-6-4-9/h3-6H,1-2H3. The van der Waals surface area contributed by atoms with E-state index in [1.165, 1.54) is 0 Å². The molecule has 2 aromatic heterocycles. The van der Waals surface area contributed by atoms with Crippen molar-refractivity contribution in [1.29, 1.82) is 0 Å². The van der Waals surface area contributed by atoms with Gasteiger partial charge in [-0.3, -0.25) is 4.98 Å². The number of halogens is 1. The second kappa shape index (κ2) is 3.42. The highest BCUT2D eigenvalue weighted by Crippen LogP contribution is 2.21. The van der Waals surface area contributed by atoms with E-state index in [-0.39, 0.29) is 0 Å². The highest BCUT2D eigenvalue weighted by Gasteiger charge is 2.09. The summed E-state index contributed by atoms with van der Waals surface area (Å²) in [6.07, 6.45) is 3.44. The van der Waals surface area contributed by atoms with Gasteiger partial charge in [-0.15, -0.1) is 0 Å². The Labute approximate surface area is 87.3 Å². The van der Waals surface area contributed by atoms with E-state index in [1.54, 1.807) is 17.1 Å². The van der Waals surface area contributed by atoms with Crippen LogP contribution in [0.2, 0.25) is 5.15 Å². The van der Waals surface area contributed by atoms with Crippen LogP contribution in [0.25, 0.3) is 5.69 Å². The zero-order valence-electron chi connectivity index (χ0n) is 8.03. The molecule has 0 aliphatic rings. The molecule has 0 saturated heterocycles. The Bertz CT molecular complexity index is 448. The van der Waals surface area contributed by atoms with Crippen LogP contribution in [-0.2, 0) is 0 Å². The number of hydrogen-bond acceptors (Lipinski definition) is 2. The summed E-state index contributed by atoms with van der Waals surface area (Å²) >= 11 is 6.13. The lowest BCUT2D eigenvalue weighted by molar-refractivity contribution is 0.861. The third kappa shape index (κ3) is 1.40. The molecular weight excluding hydrogens is 198 g/mol. The smallest absolute Gasteiger partial charge is 0.136 e. The average molecular weight is 208 g/mol. The van der Waals surface area contributed by atoms with Gasteiger partial charge in [0, 0.05) is 18.0 Å². The Balaban J connectivity index is 2.58. The van der Waals surface area contributed by atoms with Crippen molar-refractivity contribution >= 4 is 11.6 Å². The summed E-state index contributed by atoms with van der Waals surface area (Å²) in [5, 5.41) is 5.00. The largest absolute Gasteiger partial charge is 0.265 e. The van der Waals surface area contributed by atoms with Crippen LogP contribution >= 0.6 is 11.6 Å². The zero-order chi connectivity index (χ0) is 10.1. The highest BCUT2D eigenvalue weighted by atomic mass is 35.5. The molecule has 4 heteroatoms. The molecule has 2 aromatic rings. The van der Waals surface area contributed by atoms with Crippen molar-refractivity contribution < 1.29 is 0 Å². The van der Waals surface area contributed by atoms with Crippen LogP contribution in [0, 0.1) is 13.8 Å². The van der Waals surface area contributed by atoms with E-state index in [2.05, 4.69) is 10.1 Å². The average Bonchev–Trinajstić information content (AvgIpc) is 2.47. The van der Waals surface area contributed by atoms with Gasteiger partial charge in [0.05, 0.1) is 11.4 Å². The maximum absolute atomic E-state index is 6.13. The van der Waals surface area contributed by atoms with Gasteiger partial charge >= 0.3 is 0 Å². The minimum absolute atomic E-state index is 0.661. The Morgan fingerprint density at radius 1 is 1.21 bits per heavy atom. The molecule has 0 unspecified atom stereocenters. The molecule has 0 saturated carbocycles. The first-order valence-corrected chi connectivity index (χ1v) is 4.70. The molecule has 0 aliphatic carbocycles. The van der Waals surface area contributed by atoms with E-state index in [0.717, 1.165) is 16.9 Å². The summed E-state index contributed by atoms with van der Waals surface area (Å²) in [6, 6.07) is 3.75. The van der Waals surface area contributed by atoms with Crippen molar-refractivity contribution in [2.75, 3.05) is 0 Å². The van der Waals surface area contributed by atoms with Gasteiger partial charge in [-0.25, -0.2) is 4.68 Å². The fourth-order valence-corrected chi connectivity index (χ4v) is 1.51. The normalized spacial score (nSPS) is 10.5. The first-order chi connectivity index (χ1) is 6.70. The molecule has 0 N–H and O–H groups in total. The molecule has 0 aromatic carbocycles. The lowest BCUT2D eigenvalue weighted by Crippen LogP contribution is -1.96. The molecule has 2 rings (SSSR count). The van der Waals surface area contributed by atoms with Crippen molar-refractivity contribution in [3.8, 4) is 5.69 Å². The van der Waals surface area contributed by atoms with Crippen molar-refractivity contribution in [1.82, 2.24) is 14.8 Å². The topological polar surface area (TPSA) is 30.7 Å². The quantitative estimate of drug-likeness (QED) is 0.720. The number of rotatable bonds is 1. The van der Waals surface area contributed by atoms with E-state index in [1.807, 2.05) is 26.0 Å². The Morgan fingerprint density at radius 3 is 2.36 bits per heavy atom. The summed E-state index contributed by atoms with van der Waals surface area (Å²) in [6.45, 7) is 3.90. The van der Waals surface area contributed by atoms with E-state index >= 15 is 0 Å². The van der Waals surface area contributed by atoms with Crippen LogP contribution in [0.3, 0.4) is 0 Å². The van der Waals surface area contributed by atoms with Crippen molar-refractivity contribution in [3.63, 3.8) is 0 Å². The predicted molar refractivity (Wildman–Crippen MR) is 55.8 cm³/mol. The van der Waals surface area contributed by atoms with Gasteiger partial charge < -0.3 is 0 Å². The summed E-state index contributed by atoms with van der Waals surface area (Å²) < 4.78 is 1.72. The molecule has 0 atom stereocenters. The maximum Gasteiger partial charge on any atom is 0.136 e. The molecule has 0 bridgehead atoms. The summed E-state index contributed by atoms with van der Waals surface area (Å²) in [5.41, 5.74) is 2.90. The third-order valence-corrected chi connectivity index (χ3v) is 2.64. The lowest BCUT2D eigenvalue weighted by atomic mass is 10.3. The van der Waals surface area contributed by atoms with E-state index in [9.17, 15) is 0 Å². The molecule has 0 amide bonds. The van der Waals surface area contributed by atoms with Crippen molar-refractivity contribution in [3.05, 3.63) is 40.9 Å².